The summed E-state index contributed by atoms with van der Waals surface area (Å²) in [5, 5.41) is 3.34. The summed E-state index contributed by atoms with van der Waals surface area (Å²) in [6.07, 6.45) is 1.11. The van der Waals surface area contributed by atoms with Gasteiger partial charge in [-0.2, -0.15) is 12.6 Å². The van der Waals surface area contributed by atoms with Crippen LogP contribution in [0.2, 0.25) is 0 Å². The van der Waals surface area contributed by atoms with E-state index in [-0.39, 0.29) is 0 Å². The van der Waals surface area contributed by atoms with Gasteiger partial charge in [0.05, 0.1) is 0 Å². The molecule has 1 aromatic carbocycles. The molecule has 1 rings (SSSR count). The summed E-state index contributed by atoms with van der Waals surface area (Å²) in [4.78, 5) is 0. The summed E-state index contributed by atoms with van der Waals surface area (Å²) in [5.41, 5.74) is 4.17. The molecule has 2 heteroatoms. The molecule has 0 fully saturated rings. The molecule has 0 unspecified atom stereocenters. The SMILES string of the molecule is Cc1ccc(CCNCCS)cc1C. The van der Waals surface area contributed by atoms with Gasteiger partial charge < -0.3 is 5.32 Å². The van der Waals surface area contributed by atoms with Crippen molar-refractivity contribution in [1.82, 2.24) is 5.32 Å². The standard InChI is InChI=1S/C12H19NS/c1-10-3-4-12(9-11(10)2)5-6-13-7-8-14/h3-4,9,13-14H,5-8H2,1-2H3. The van der Waals surface area contributed by atoms with E-state index in [1.165, 1.54) is 16.7 Å². The van der Waals surface area contributed by atoms with Crippen LogP contribution in [0.1, 0.15) is 16.7 Å². The van der Waals surface area contributed by atoms with Gasteiger partial charge in [-0.25, -0.2) is 0 Å². The van der Waals surface area contributed by atoms with Crippen LogP contribution in [0.3, 0.4) is 0 Å². The zero-order valence-corrected chi connectivity index (χ0v) is 9.90. The second-order valence-electron chi connectivity index (χ2n) is 3.64. The molecule has 0 aromatic heterocycles. The molecule has 1 aromatic rings. The smallest absolute Gasteiger partial charge is 0.00398 e. The minimum Gasteiger partial charge on any atom is -0.316 e. The van der Waals surface area contributed by atoms with E-state index in [2.05, 4.69) is 50.0 Å². The van der Waals surface area contributed by atoms with E-state index in [1.54, 1.807) is 0 Å². The van der Waals surface area contributed by atoms with Crippen molar-refractivity contribution in [1.29, 1.82) is 0 Å². The highest BCUT2D eigenvalue weighted by atomic mass is 32.1. The lowest BCUT2D eigenvalue weighted by molar-refractivity contribution is 0.721. The molecule has 0 atom stereocenters. The van der Waals surface area contributed by atoms with Crippen molar-refractivity contribution in [3.63, 3.8) is 0 Å². The molecule has 1 N–H and O–H groups in total. The maximum Gasteiger partial charge on any atom is 0.00398 e. The molecule has 0 saturated carbocycles. The number of hydrogen-bond acceptors (Lipinski definition) is 2. The molecule has 0 aliphatic carbocycles. The molecule has 1 nitrogen and oxygen atoms in total. The van der Waals surface area contributed by atoms with E-state index in [0.717, 1.165) is 25.3 Å². The van der Waals surface area contributed by atoms with E-state index in [0.29, 0.717) is 0 Å². The Morgan fingerprint density at radius 2 is 1.93 bits per heavy atom. The third-order valence-electron chi connectivity index (χ3n) is 2.45. The Bertz CT molecular complexity index is 284. The van der Waals surface area contributed by atoms with Gasteiger partial charge in [-0.1, -0.05) is 18.2 Å². The highest BCUT2D eigenvalue weighted by Gasteiger charge is 1.95. The molecule has 0 radical (unpaired) electrons. The van der Waals surface area contributed by atoms with Crippen molar-refractivity contribution in [3.8, 4) is 0 Å². The van der Waals surface area contributed by atoms with E-state index >= 15 is 0 Å². The lowest BCUT2D eigenvalue weighted by atomic mass is 10.0. The van der Waals surface area contributed by atoms with Gasteiger partial charge in [0.2, 0.25) is 0 Å². The summed E-state index contributed by atoms with van der Waals surface area (Å²) in [6, 6.07) is 6.69. The number of benzene rings is 1. The van der Waals surface area contributed by atoms with Crippen molar-refractivity contribution in [2.75, 3.05) is 18.8 Å². The highest BCUT2D eigenvalue weighted by Crippen LogP contribution is 2.09. The molecule has 0 aliphatic heterocycles. The average Bonchev–Trinajstić information content (AvgIpc) is 2.18. The summed E-state index contributed by atoms with van der Waals surface area (Å²) >= 11 is 4.15. The Labute approximate surface area is 92.3 Å². The third-order valence-corrected chi connectivity index (χ3v) is 2.67. The van der Waals surface area contributed by atoms with Gasteiger partial charge in [0.25, 0.3) is 0 Å². The van der Waals surface area contributed by atoms with Gasteiger partial charge in [0, 0.05) is 12.3 Å². The molecule has 0 bridgehead atoms. The molecule has 0 amide bonds. The first kappa shape index (κ1) is 11.6. The zero-order chi connectivity index (χ0) is 10.4. The predicted molar refractivity (Wildman–Crippen MR) is 66.3 cm³/mol. The van der Waals surface area contributed by atoms with Crippen LogP contribution in [0.15, 0.2) is 18.2 Å². The third kappa shape index (κ3) is 3.72. The van der Waals surface area contributed by atoms with E-state index in [4.69, 9.17) is 0 Å². The largest absolute Gasteiger partial charge is 0.316 e. The molecule has 14 heavy (non-hydrogen) atoms. The van der Waals surface area contributed by atoms with Crippen molar-refractivity contribution in [2.24, 2.45) is 0 Å². The number of thiol groups is 1. The Balaban J connectivity index is 2.39. The highest BCUT2D eigenvalue weighted by molar-refractivity contribution is 7.80. The molecule has 0 spiro atoms. The topological polar surface area (TPSA) is 12.0 Å². The number of hydrogen-bond donors (Lipinski definition) is 2. The van der Waals surface area contributed by atoms with Gasteiger partial charge in [-0.3, -0.25) is 0 Å². The summed E-state index contributed by atoms with van der Waals surface area (Å²) in [7, 11) is 0. The number of nitrogens with one attached hydrogen (secondary N) is 1. The van der Waals surface area contributed by atoms with Crippen LogP contribution in [0, 0.1) is 13.8 Å². The minimum atomic E-state index is 0.910. The lowest BCUT2D eigenvalue weighted by Crippen LogP contribution is -2.19. The second-order valence-corrected chi connectivity index (χ2v) is 4.09. The quantitative estimate of drug-likeness (QED) is 0.560. The molecule has 0 saturated heterocycles. The van der Waals surface area contributed by atoms with E-state index in [9.17, 15) is 0 Å². The van der Waals surface area contributed by atoms with Gasteiger partial charge in [-0.15, -0.1) is 0 Å². The first-order valence-electron chi connectivity index (χ1n) is 5.11. The van der Waals surface area contributed by atoms with Gasteiger partial charge >= 0.3 is 0 Å². The average molecular weight is 209 g/mol. The van der Waals surface area contributed by atoms with Gasteiger partial charge in [-0.05, 0) is 43.5 Å². The Kier molecular flexibility index (Phi) is 5.05. The van der Waals surface area contributed by atoms with Crippen LogP contribution in [0.25, 0.3) is 0 Å². The monoisotopic (exact) mass is 209 g/mol. The second kappa shape index (κ2) is 6.10. The first-order chi connectivity index (χ1) is 6.74. The summed E-state index contributed by atoms with van der Waals surface area (Å²) in [6.45, 7) is 6.36. The molecular formula is C12H19NS. The van der Waals surface area contributed by atoms with Crippen LogP contribution in [-0.2, 0) is 6.42 Å². The summed E-state index contributed by atoms with van der Waals surface area (Å²) in [5.74, 6) is 0.910. The van der Waals surface area contributed by atoms with Gasteiger partial charge in [0.15, 0.2) is 0 Å². The molecule has 78 valence electrons. The van der Waals surface area contributed by atoms with E-state index < -0.39 is 0 Å². The van der Waals surface area contributed by atoms with Crippen LogP contribution >= 0.6 is 12.6 Å². The maximum absolute atomic E-state index is 4.15. The first-order valence-corrected chi connectivity index (χ1v) is 5.75. The molecule has 0 heterocycles. The Hall–Kier alpha value is -0.470. The van der Waals surface area contributed by atoms with Crippen molar-refractivity contribution in [2.45, 2.75) is 20.3 Å². The van der Waals surface area contributed by atoms with Crippen LogP contribution in [0.5, 0.6) is 0 Å². The fraction of sp³-hybridized carbons (Fsp3) is 0.500. The van der Waals surface area contributed by atoms with Crippen LogP contribution in [0.4, 0.5) is 0 Å². The van der Waals surface area contributed by atoms with Gasteiger partial charge in [0.1, 0.15) is 0 Å². The predicted octanol–water partition coefficient (Wildman–Crippen LogP) is 2.37. The lowest BCUT2D eigenvalue weighted by Gasteiger charge is -2.05. The fourth-order valence-corrected chi connectivity index (χ4v) is 1.55. The molecular weight excluding hydrogens is 190 g/mol. The van der Waals surface area contributed by atoms with Crippen molar-refractivity contribution < 1.29 is 0 Å². The van der Waals surface area contributed by atoms with Crippen LogP contribution < -0.4 is 5.32 Å². The fourth-order valence-electron chi connectivity index (χ4n) is 1.40. The molecule has 0 aliphatic rings. The summed E-state index contributed by atoms with van der Waals surface area (Å²) < 4.78 is 0. The number of aryl methyl sites for hydroxylation is 2. The Morgan fingerprint density at radius 1 is 1.14 bits per heavy atom. The Morgan fingerprint density at radius 3 is 2.57 bits per heavy atom. The zero-order valence-electron chi connectivity index (χ0n) is 9.01. The maximum atomic E-state index is 4.15. The van der Waals surface area contributed by atoms with E-state index in [1.807, 2.05) is 0 Å². The van der Waals surface area contributed by atoms with Crippen molar-refractivity contribution in [3.05, 3.63) is 34.9 Å². The van der Waals surface area contributed by atoms with Crippen molar-refractivity contribution >= 4 is 12.6 Å². The number of rotatable bonds is 5. The minimum absolute atomic E-state index is 0.910. The normalized spacial score (nSPS) is 10.5. The van der Waals surface area contributed by atoms with Crippen LogP contribution in [-0.4, -0.2) is 18.8 Å².